The molecule has 0 bridgehead atoms. The molecule has 1 aliphatic heterocycles. The lowest BCUT2D eigenvalue weighted by molar-refractivity contribution is 0.297. The fraction of sp³-hybridized carbons (Fsp3) is 0.125. The van der Waals surface area contributed by atoms with Crippen molar-refractivity contribution < 1.29 is 29.2 Å². The van der Waals surface area contributed by atoms with Crippen LogP contribution in [0.25, 0.3) is 33.4 Å². The molecule has 2 aliphatic rings. The van der Waals surface area contributed by atoms with Crippen molar-refractivity contribution >= 4 is 11.0 Å². The van der Waals surface area contributed by atoms with E-state index in [0.29, 0.717) is 46.8 Å². The largest absolute Gasteiger partial charge is 0.504 e. The SMILES string of the molecule is C=CCOc1ccc(-c2c3cc(O)c(=O)cc-3oc3cc(O)c(O)cc23)cc1OCC. The number of rotatable bonds is 6. The Hall–Kier alpha value is -4.13. The van der Waals surface area contributed by atoms with E-state index in [4.69, 9.17) is 13.9 Å². The summed E-state index contributed by atoms with van der Waals surface area (Å²) >= 11 is 0. The van der Waals surface area contributed by atoms with Crippen LogP contribution in [0.5, 0.6) is 28.7 Å². The molecule has 2 aromatic rings. The molecule has 1 aliphatic carbocycles. The minimum Gasteiger partial charge on any atom is -0.504 e. The first-order valence-corrected chi connectivity index (χ1v) is 9.59. The van der Waals surface area contributed by atoms with Crippen molar-refractivity contribution in [3.05, 3.63) is 65.3 Å². The van der Waals surface area contributed by atoms with Gasteiger partial charge in [0.2, 0.25) is 5.43 Å². The molecule has 31 heavy (non-hydrogen) atoms. The van der Waals surface area contributed by atoms with Crippen LogP contribution in [0, 0.1) is 0 Å². The smallest absolute Gasteiger partial charge is 0.223 e. The van der Waals surface area contributed by atoms with Crippen LogP contribution in [0.1, 0.15) is 6.92 Å². The van der Waals surface area contributed by atoms with Crippen LogP contribution < -0.4 is 14.9 Å². The second kappa shape index (κ2) is 7.95. The number of ether oxygens (including phenoxy) is 2. The Morgan fingerprint density at radius 3 is 2.48 bits per heavy atom. The van der Waals surface area contributed by atoms with Crippen molar-refractivity contribution in [2.75, 3.05) is 13.2 Å². The van der Waals surface area contributed by atoms with Gasteiger partial charge in [-0.25, -0.2) is 0 Å². The zero-order valence-corrected chi connectivity index (χ0v) is 16.7. The third-order valence-corrected chi connectivity index (χ3v) is 4.79. The number of hydrogen-bond acceptors (Lipinski definition) is 7. The van der Waals surface area contributed by atoms with Gasteiger partial charge in [-0.05, 0) is 36.8 Å². The first kappa shape index (κ1) is 20.2. The van der Waals surface area contributed by atoms with Crippen LogP contribution in [0.15, 0.2) is 64.3 Å². The van der Waals surface area contributed by atoms with Gasteiger partial charge in [0.1, 0.15) is 18.0 Å². The van der Waals surface area contributed by atoms with E-state index in [1.54, 1.807) is 24.3 Å². The fourth-order valence-corrected chi connectivity index (χ4v) is 3.44. The van der Waals surface area contributed by atoms with Crippen molar-refractivity contribution in [3.63, 3.8) is 0 Å². The molecule has 3 N–H and O–H groups in total. The highest BCUT2D eigenvalue weighted by Crippen LogP contribution is 2.45. The van der Waals surface area contributed by atoms with E-state index in [1.165, 1.54) is 24.3 Å². The van der Waals surface area contributed by atoms with Crippen LogP contribution in [-0.2, 0) is 0 Å². The van der Waals surface area contributed by atoms with Crippen molar-refractivity contribution in [2.45, 2.75) is 6.92 Å². The Kier molecular flexibility index (Phi) is 5.17. The number of benzene rings is 3. The van der Waals surface area contributed by atoms with Crippen LogP contribution in [-0.4, -0.2) is 28.5 Å². The average Bonchev–Trinajstić information content (AvgIpc) is 2.74. The molecule has 0 spiro atoms. The normalized spacial score (nSPS) is 11.0. The quantitative estimate of drug-likeness (QED) is 0.237. The van der Waals surface area contributed by atoms with E-state index in [2.05, 4.69) is 6.58 Å². The Labute approximate surface area is 177 Å². The second-order valence-corrected chi connectivity index (χ2v) is 6.82. The maximum atomic E-state index is 12.0. The highest BCUT2D eigenvalue weighted by Gasteiger charge is 2.21. The second-order valence-electron chi connectivity index (χ2n) is 6.82. The minimum atomic E-state index is -0.590. The lowest BCUT2D eigenvalue weighted by atomic mass is 9.93. The topological polar surface area (TPSA) is 109 Å². The molecule has 0 radical (unpaired) electrons. The van der Waals surface area contributed by atoms with E-state index in [1.807, 2.05) is 6.92 Å². The highest BCUT2D eigenvalue weighted by atomic mass is 16.5. The van der Waals surface area contributed by atoms with Gasteiger partial charge in [0.05, 0.1) is 6.61 Å². The standard InChI is InChI=1S/C24H20O7/c1-3-7-30-20-6-5-13(8-23(20)29-4-2)24-14-9-16(25)18(27)11-21(14)31-22-12-19(28)17(26)10-15(22)24/h3,5-6,8-12,25-27H,1,4,7H2,2H3. The maximum Gasteiger partial charge on any atom is 0.223 e. The minimum absolute atomic E-state index is 0.223. The van der Waals surface area contributed by atoms with Gasteiger partial charge in [-0.3, -0.25) is 4.79 Å². The van der Waals surface area contributed by atoms with Gasteiger partial charge in [-0.2, -0.15) is 0 Å². The monoisotopic (exact) mass is 420 g/mol. The van der Waals surface area contributed by atoms with E-state index in [9.17, 15) is 20.1 Å². The molecule has 0 saturated heterocycles. The summed E-state index contributed by atoms with van der Waals surface area (Å²) in [5, 5.41) is 30.5. The van der Waals surface area contributed by atoms with Crippen LogP contribution in [0.3, 0.4) is 0 Å². The average molecular weight is 420 g/mol. The molecular formula is C24H20O7. The van der Waals surface area contributed by atoms with Gasteiger partial charge in [0.25, 0.3) is 0 Å². The molecule has 0 atom stereocenters. The lowest BCUT2D eigenvalue weighted by Crippen LogP contribution is -2.02. The Morgan fingerprint density at radius 1 is 0.968 bits per heavy atom. The summed E-state index contributed by atoms with van der Waals surface area (Å²) in [7, 11) is 0. The first-order valence-electron chi connectivity index (χ1n) is 9.59. The number of phenolic OH excluding ortho intramolecular Hbond substituents is 3. The van der Waals surface area contributed by atoms with Gasteiger partial charge in [-0.15, -0.1) is 0 Å². The van der Waals surface area contributed by atoms with Gasteiger partial charge >= 0.3 is 0 Å². The summed E-state index contributed by atoms with van der Waals surface area (Å²) in [5.74, 6) is 0.138. The molecule has 158 valence electrons. The van der Waals surface area contributed by atoms with Gasteiger partial charge in [0, 0.05) is 28.6 Å². The molecule has 0 aromatic heterocycles. The fourth-order valence-electron chi connectivity index (χ4n) is 3.44. The molecule has 7 nitrogen and oxygen atoms in total. The molecule has 4 rings (SSSR count). The van der Waals surface area contributed by atoms with Crippen LogP contribution in [0.4, 0.5) is 0 Å². The Morgan fingerprint density at radius 2 is 1.74 bits per heavy atom. The third-order valence-electron chi connectivity index (χ3n) is 4.79. The van der Waals surface area contributed by atoms with Crippen molar-refractivity contribution in [3.8, 4) is 51.2 Å². The predicted octanol–water partition coefficient (Wildman–Crippen LogP) is 4.65. The molecule has 0 fully saturated rings. The summed E-state index contributed by atoms with van der Waals surface area (Å²) in [5.41, 5.74) is 1.37. The molecule has 0 unspecified atom stereocenters. The predicted molar refractivity (Wildman–Crippen MR) is 116 cm³/mol. The summed E-state index contributed by atoms with van der Waals surface area (Å²) in [6.45, 7) is 6.22. The van der Waals surface area contributed by atoms with Gasteiger partial charge in [-0.1, -0.05) is 18.7 Å². The number of hydrogen-bond donors (Lipinski definition) is 3. The van der Waals surface area contributed by atoms with Crippen LogP contribution >= 0.6 is 0 Å². The van der Waals surface area contributed by atoms with Crippen molar-refractivity contribution in [1.82, 2.24) is 0 Å². The summed E-state index contributed by atoms with van der Waals surface area (Å²) < 4.78 is 17.2. The summed E-state index contributed by atoms with van der Waals surface area (Å²) in [4.78, 5) is 12.0. The van der Waals surface area contributed by atoms with E-state index in [-0.39, 0.29) is 22.8 Å². The Bertz CT molecular complexity index is 1320. The first-order chi connectivity index (χ1) is 14.9. The molecule has 7 heteroatoms. The number of phenols is 3. The van der Waals surface area contributed by atoms with Crippen molar-refractivity contribution in [2.24, 2.45) is 0 Å². The van der Waals surface area contributed by atoms with Gasteiger partial charge < -0.3 is 29.2 Å². The zero-order valence-electron chi connectivity index (χ0n) is 16.7. The van der Waals surface area contributed by atoms with Crippen molar-refractivity contribution in [1.29, 1.82) is 0 Å². The summed E-state index contributed by atoms with van der Waals surface area (Å²) in [6.07, 6.45) is 1.63. The Balaban J connectivity index is 2.06. The highest BCUT2D eigenvalue weighted by molar-refractivity contribution is 6.03. The number of fused-ring (bicyclic) bond motifs is 2. The number of aromatic hydroxyl groups is 3. The molecule has 0 saturated carbocycles. The lowest BCUT2D eigenvalue weighted by Gasteiger charge is -2.18. The zero-order chi connectivity index (χ0) is 22.1. The molecule has 2 aromatic carbocycles. The van der Waals surface area contributed by atoms with Gasteiger partial charge in [0.15, 0.2) is 28.7 Å². The van der Waals surface area contributed by atoms with E-state index >= 15 is 0 Å². The molecule has 0 amide bonds. The van der Waals surface area contributed by atoms with E-state index < -0.39 is 11.2 Å². The van der Waals surface area contributed by atoms with Crippen LogP contribution in [0.2, 0.25) is 0 Å². The third kappa shape index (κ3) is 3.61. The molecule has 1 heterocycles. The molecular weight excluding hydrogens is 400 g/mol. The van der Waals surface area contributed by atoms with E-state index in [0.717, 1.165) is 0 Å². The summed E-state index contributed by atoms with van der Waals surface area (Å²) in [6, 6.07) is 10.4. The maximum absolute atomic E-state index is 12.0.